The highest BCUT2D eigenvalue weighted by atomic mass is 32.2. The highest BCUT2D eigenvalue weighted by Crippen LogP contribution is 2.34. The van der Waals surface area contributed by atoms with Crippen molar-refractivity contribution in [2.24, 2.45) is 5.10 Å². The van der Waals surface area contributed by atoms with Crippen molar-refractivity contribution in [1.29, 1.82) is 0 Å². The third-order valence-corrected chi connectivity index (χ3v) is 6.83. The number of amides is 1. The van der Waals surface area contributed by atoms with Crippen molar-refractivity contribution in [3.05, 3.63) is 90.3 Å². The molecule has 8 nitrogen and oxygen atoms in total. The number of benzene rings is 1. The summed E-state index contributed by atoms with van der Waals surface area (Å²) in [4.78, 5) is 13.4. The molecule has 5 rings (SSSR count). The van der Waals surface area contributed by atoms with Gasteiger partial charge in [0.1, 0.15) is 17.6 Å². The first-order chi connectivity index (χ1) is 17.0. The van der Waals surface area contributed by atoms with Gasteiger partial charge in [-0.3, -0.25) is 9.36 Å². The van der Waals surface area contributed by atoms with Crippen LogP contribution in [0.1, 0.15) is 35.1 Å². The van der Waals surface area contributed by atoms with Gasteiger partial charge in [0.25, 0.3) is 5.91 Å². The Labute approximate surface area is 207 Å². The van der Waals surface area contributed by atoms with E-state index >= 15 is 0 Å². The molecule has 1 aliphatic heterocycles. The fourth-order valence-electron chi connectivity index (χ4n) is 4.06. The van der Waals surface area contributed by atoms with Gasteiger partial charge in [-0.15, -0.1) is 16.8 Å². The maximum Gasteiger partial charge on any atom is 0.253 e. The molecule has 0 spiro atoms. The SMILES string of the molecule is C=CCn1c(SCC(=O)N2N=C(c3ccc(C)cc3)CC2c2ccco2)nnc1-c1ccoc1C. The Morgan fingerprint density at radius 1 is 1.14 bits per heavy atom. The lowest BCUT2D eigenvalue weighted by molar-refractivity contribution is -0.130. The summed E-state index contributed by atoms with van der Waals surface area (Å²) in [5.41, 5.74) is 3.90. The Kier molecular flexibility index (Phi) is 6.41. The smallest absolute Gasteiger partial charge is 0.253 e. The summed E-state index contributed by atoms with van der Waals surface area (Å²) in [5, 5.41) is 15.6. The molecule has 35 heavy (non-hydrogen) atoms. The van der Waals surface area contributed by atoms with Crippen LogP contribution in [0.25, 0.3) is 11.4 Å². The van der Waals surface area contributed by atoms with Gasteiger partial charge in [0.2, 0.25) is 0 Å². The molecule has 0 fully saturated rings. The molecular formula is C26H25N5O3S. The van der Waals surface area contributed by atoms with Crippen LogP contribution >= 0.6 is 11.8 Å². The monoisotopic (exact) mass is 487 g/mol. The number of hydrogen-bond acceptors (Lipinski definition) is 7. The first-order valence-electron chi connectivity index (χ1n) is 11.3. The Morgan fingerprint density at radius 2 is 1.97 bits per heavy atom. The van der Waals surface area contributed by atoms with Crippen LogP contribution in [0.2, 0.25) is 0 Å². The lowest BCUT2D eigenvalue weighted by Gasteiger charge is -2.19. The number of carbonyl (C=O) groups excluding carboxylic acids is 1. The molecule has 1 amide bonds. The number of hydrazone groups is 1. The number of aryl methyl sites for hydroxylation is 2. The Hall–Kier alpha value is -3.85. The van der Waals surface area contributed by atoms with E-state index in [2.05, 4.69) is 16.8 Å². The van der Waals surface area contributed by atoms with Gasteiger partial charge < -0.3 is 8.83 Å². The molecule has 0 bridgehead atoms. The molecule has 1 atom stereocenters. The number of thioether (sulfide) groups is 1. The van der Waals surface area contributed by atoms with E-state index in [1.165, 1.54) is 22.3 Å². The molecule has 0 N–H and O–H groups in total. The second kappa shape index (κ2) is 9.79. The van der Waals surface area contributed by atoms with Gasteiger partial charge >= 0.3 is 0 Å². The van der Waals surface area contributed by atoms with Crippen molar-refractivity contribution in [2.75, 3.05) is 5.75 Å². The van der Waals surface area contributed by atoms with E-state index in [0.717, 1.165) is 22.6 Å². The van der Waals surface area contributed by atoms with Gasteiger partial charge in [-0.05, 0) is 37.6 Å². The summed E-state index contributed by atoms with van der Waals surface area (Å²) in [6, 6.07) is 13.4. The second-order valence-electron chi connectivity index (χ2n) is 8.27. The van der Waals surface area contributed by atoms with Crippen LogP contribution in [0.3, 0.4) is 0 Å². The molecule has 178 valence electrons. The van der Waals surface area contributed by atoms with Gasteiger partial charge in [0, 0.05) is 13.0 Å². The Bertz CT molecular complexity index is 1370. The largest absolute Gasteiger partial charge is 0.469 e. The quantitative estimate of drug-likeness (QED) is 0.244. The summed E-state index contributed by atoms with van der Waals surface area (Å²) in [5.74, 6) is 2.17. The summed E-state index contributed by atoms with van der Waals surface area (Å²) in [6.07, 6.45) is 5.61. The zero-order valence-corrected chi connectivity index (χ0v) is 20.4. The highest BCUT2D eigenvalue weighted by Gasteiger charge is 2.35. The summed E-state index contributed by atoms with van der Waals surface area (Å²) >= 11 is 1.32. The van der Waals surface area contributed by atoms with Crippen LogP contribution in [0.5, 0.6) is 0 Å². The number of allylic oxidation sites excluding steroid dienone is 1. The maximum atomic E-state index is 13.4. The molecule has 1 aliphatic rings. The number of rotatable bonds is 8. The van der Waals surface area contributed by atoms with Crippen molar-refractivity contribution in [3.8, 4) is 11.4 Å². The minimum Gasteiger partial charge on any atom is -0.469 e. The number of nitrogens with zero attached hydrogens (tertiary/aromatic N) is 5. The summed E-state index contributed by atoms with van der Waals surface area (Å²) in [7, 11) is 0. The van der Waals surface area contributed by atoms with Gasteiger partial charge in [-0.25, -0.2) is 5.01 Å². The average molecular weight is 488 g/mol. The van der Waals surface area contributed by atoms with E-state index in [-0.39, 0.29) is 17.7 Å². The van der Waals surface area contributed by atoms with Crippen molar-refractivity contribution >= 4 is 23.4 Å². The summed E-state index contributed by atoms with van der Waals surface area (Å²) < 4.78 is 13.0. The van der Waals surface area contributed by atoms with E-state index in [9.17, 15) is 4.79 Å². The van der Waals surface area contributed by atoms with E-state index in [0.29, 0.717) is 29.7 Å². The normalized spacial score (nSPS) is 15.4. The standard InChI is InChI=1S/C26H25N5O3S/c1-4-12-30-25(20-11-14-33-18(20)3)27-28-26(30)35-16-24(32)31-22(23-6-5-13-34-23)15-21(29-31)19-9-7-17(2)8-10-19/h4-11,13-14,22H,1,12,15-16H2,2-3H3. The fourth-order valence-corrected chi connectivity index (χ4v) is 4.86. The van der Waals surface area contributed by atoms with Crippen molar-refractivity contribution < 1.29 is 13.6 Å². The minimum absolute atomic E-state index is 0.132. The van der Waals surface area contributed by atoms with Gasteiger partial charge in [0.15, 0.2) is 11.0 Å². The van der Waals surface area contributed by atoms with Gasteiger partial charge in [-0.1, -0.05) is 47.7 Å². The topological polar surface area (TPSA) is 89.7 Å². The average Bonchev–Trinajstić information content (AvgIpc) is 3.65. The minimum atomic E-state index is -0.287. The molecule has 4 heterocycles. The van der Waals surface area contributed by atoms with Crippen molar-refractivity contribution in [1.82, 2.24) is 19.8 Å². The van der Waals surface area contributed by atoms with Crippen LogP contribution in [-0.4, -0.2) is 37.1 Å². The third kappa shape index (κ3) is 4.59. The first-order valence-corrected chi connectivity index (χ1v) is 12.2. The molecule has 1 aromatic carbocycles. The molecular weight excluding hydrogens is 462 g/mol. The highest BCUT2D eigenvalue weighted by molar-refractivity contribution is 7.99. The molecule has 0 saturated carbocycles. The van der Waals surface area contributed by atoms with Crippen LogP contribution in [0.15, 0.2) is 86.7 Å². The van der Waals surface area contributed by atoms with E-state index < -0.39 is 0 Å². The molecule has 0 aliphatic carbocycles. The molecule has 4 aromatic rings. The lowest BCUT2D eigenvalue weighted by atomic mass is 10.0. The first kappa shape index (κ1) is 22.9. The van der Waals surface area contributed by atoms with Crippen LogP contribution in [0.4, 0.5) is 0 Å². The zero-order valence-electron chi connectivity index (χ0n) is 19.5. The van der Waals surface area contributed by atoms with E-state index in [1.807, 2.05) is 60.9 Å². The third-order valence-electron chi connectivity index (χ3n) is 5.88. The molecule has 9 heteroatoms. The zero-order chi connectivity index (χ0) is 24.4. The number of hydrogen-bond donors (Lipinski definition) is 0. The van der Waals surface area contributed by atoms with Gasteiger partial charge in [0.05, 0.1) is 29.6 Å². The Morgan fingerprint density at radius 3 is 2.66 bits per heavy atom. The predicted octanol–water partition coefficient (Wildman–Crippen LogP) is 5.40. The second-order valence-corrected chi connectivity index (χ2v) is 9.21. The number of carbonyl (C=O) groups is 1. The molecule has 0 saturated heterocycles. The fraction of sp³-hybridized carbons (Fsp3) is 0.231. The lowest BCUT2D eigenvalue weighted by Crippen LogP contribution is -2.28. The van der Waals surface area contributed by atoms with Crippen LogP contribution in [0, 0.1) is 13.8 Å². The Balaban J connectivity index is 1.38. The number of aromatic nitrogens is 3. The van der Waals surface area contributed by atoms with Crippen molar-refractivity contribution in [2.45, 2.75) is 38.0 Å². The summed E-state index contributed by atoms with van der Waals surface area (Å²) in [6.45, 7) is 8.28. The van der Waals surface area contributed by atoms with Gasteiger partial charge in [-0.2, -0.15) is 5.10 Å². The van der Waals surface area contributed by atoms with Crippen LogP contribution in [-0.2, 0) is 11.3 Å². The van der Waals surface area contributed by atoms with Crippen molar-refractivity contribution in [3.63, 3.8) is 0 Å². The van der Waals surface area contributed by atoms with Crippen LogP contribution < -0.4 is 0 Å². The number of furan rings is 2. The predicted molar refractivity (Wildman–Crippen MR) is 134 cm³/mol. The molecule has 3 aromatic heterocycles. The molecule has 0 radical (unpaired) electrons. The maximum absolute atomic E-state index is 13.4. The molecule has 1 unspecified atom stereocenters. The van der Waals surface area contributed by atoms with E-state index in [4.69, 9.17) is 13.9 Å². The van der Waals surface area contributed by atoms with E-state index in [1.54, 1.807) is 18.6 Å².